The summed E-state index contributed by atoms with van der Waals surface area (Å²) in [6.07, 6.45) is 3.50. The topological polar surface area (TPSA) is 55.9 Å². The van der Waals surface area contributed by atoms with E-state index in [0.29, 0.717) is 5.02 Å². The van der Waals surface area contributed by atoms with Gasteiger partial charge in [0.15, 0.2) is 0 Å². The van der Waals surface area contributed by atoms with Crippen molar-refractivity contribution < 1.29 is 0 Å². The molecule has 2 aromatic rings. The van der Waals surface area contributed by atoms with E-state index in [1.165, 1.54) is 0 Å². The number of rotatable bonds is 3. The van der Waals surface area contributed by atoms with Gasteiger partial charge in [0.2, 0.25) is 0 Å². The normalized spacial score (nSPS) is 12.7. The molecule has 0 aliphatic carbocycles. The van der Waals surface area contributed by atoms with E-state index in [0.717, 1.165) is 11.3 Å². The molecule has 1 heterocycles. The summed E-state index contributed by atoms with van der Waals surface area (Å²) in [4.78, 5) is 4.07. The molecule has 1 atom stereocenters. The van der Waals surface area contributed by atoms with Crippen molar-refractivity contribution in [2.24, 2.45) is 12.9 Å². The summed E-state index contributed by atoms with van der Waals surface area (Å²) in [7, 11) is 1.92. The van der Waals surface area contributed by atoms with Crippen LogP contribution in [0.15, 0.2) is 36.8 Å². The van der Waals surface area contributed by atoms with Crippen LogP contribution in [0.2, 0.25) is 5.02 Å². The Bertz CT molecular complexity index is 480. The fourth-order valence-corrected chi connectivity index (χ4v) is 1.93. The lowest BCUT2D eigenvalue weighted by molar-refractivity contribution is 0.597. The summed E-state index contributed by atoms with van der Waals surface area (Å²) >= 11 is 6.14. The van der Waals surface area contributed by atoms with Crippen LogP contribution >= 0.6 is 11.6 Å². The second-order valence-electron chi connectivity index (χ2n) is 3.55. The molecule has 84 valence electrons. The number of aromatic nitrogens is 2. The molecule has 0 aliphatic heterocycles. The Labute approximate surface area is 99.0 Å². The lowest BCUT2D eigenvalue weighted by Crippen LogP contribution is -2.30. The molecule has 1 aromatic heterocycles. The van der Waals surface area contributed by atoms with Crippen LogP contribution in [0.5, 0.6) is 0 Å². The number of imidazole rings is 1. The van der Waals surface area contributed by atoms with Crippen molar-refractivity contribution in [2.45, 2.75) is 6.04 Å². The Balaban J connectivity index is 2.45. The first kappa shape index (κ1) is 11.1. The molecule has 3 N–H and O–H groups in total. The minimum Gasteiger partial charge on any atom is -0.336 e. The van der Waals surface area contributed by atoms with Gasteiger partial charge < -0.3 is 4.57 Å². The molecule has 16 heavy (non-hydrogen) atoms. The largest absolute Gasteiger partial charge is 0.336 e. The third-order valence-corrected chi connectivity index (χ3v) is 2.88. The van der Waals surface area contributed by atoms with Crippen molar-refractivity contribution in [3.8, 4) is 0 Å². The van der Waals surface area contributed by atoms with Crippen LogP contribution in [0.1, 0.15) is 17.3 Å². The van der Waals surface area contributed by atoms with E-state index in [9.17, 15) is 0 Å². The first-order valence-corrected chi connectivity index (χ1v) is 5.28. The minimum atomic E-state index is -0.152. The van der Waals surface area contributed by atoms with Crippen molar-refractivity contribution in [1.29, 1.82) is 0 Å². The monoisotopic (exact) mass is 236 g/mol. The zero-order valence-electron chi connectivity index (χ0n) is 8.89. The van der Waals surface area contributed by atoms with Crippen LogP contribution in [0, 0.1) is 0 Å². The SMILES string of the molecule is Cn1cncc1C(NN)c1ccccc1Cl. The van der Waals surface area contributed by atoms with Gasteiger partial charge in [0, 0.05) is 12.1 Å². The first-order valence-electron chi connectivity index (χ1n) is 4.91. The van der Waals surface area contributed by atoms with Crippen LogP contribution in [0.4, 0.5) is 0 Å². The van der Waals surface area contributed by atoms with Gasteiger partial charge in [-0.3, -0.25) is 5.84 Å². The van der Waals surface area contributed by atoms with Gasteiger partial charge in [-0.1, -0.05) is 29.8 Å². The van der Waals surface area contributed by atoms with Crippen molar-refractivity contribution in [3.63, 3.8) is 0 Å². The lowest BCUT2D eigenvalue weighted by Gasteiger charge is -2.17. The van der Waals surface area contributed by atoms with E-state index >= 15 is 0 Å². The van der Waals surface area contributed by atoms with Crippen LogP contribution in [-0.2, 0) is 7.05 Å². The summed E-state index contributed by atoms with van der Waals surface area (Å²) in [5.41, 5.74) is 4.67. The second kappa shape index (κ2) is 4.65. The van der Waals surface area contributed by atoms with E-state index < -0.39 is 0 Å². The predicted molar refractivity (Wildman–Crippen MR) is 63.8 cm³/mol. The van der Waals surface area contributed by atoms with Gasteiger partial charge in [0.1, 0.15) is 0 Å². The zero-order valence-corrected chi connectivity index (χ0v) is 9.65. The maximum Gasteiger partial charge on any atom is 0.0946 e. The quantitative estimate of drug-likeness (QED) is 0.629. The molecule has 4 nitrogen and oxygen atoms in total. The van der Waals surface area contributed by atoms with Gasteiger partial charge in [0.25, 0.3) is 0 Å². The molecule has 1 unspecified atom stereocenters. The predicted octanol–water partition coefficient (Wildman–Crippen LogP) is 1.63. The van der Waals surface area contributed by atoms with Gasteiger partial charge in [-0.05, 0) is 11.6 Å². The van der Waals surface area contributed by atoms with Gasteiger partial charge >= 0.3 is 0 Å². The molecule has 0 spiro atoms. The highest BCUT2D eigenvalue weighted by molar-refractivity contribution is 6.31. The molecule has 0 fully saturated rings. The van der Waals surface area contributed by atoms with Crippen LogP contribution < -0.4 is 11.3 Å². The number of nitrogens with zero attached hydrogens (tertiary/aromatic N) is 2. The fraction of sp³-hybridized carbons (Fsp3) is 0.182. The zero-order chi connectivity index (χ0) is 11.5. The van der Waals surface area contributed by atoms with Crippen LogP contribution in [-0.4, -0.2) is 9.55 Å². The summed E-state index contributed by atoms with van der Waals surface area (Å²) in [6, 6.07) is 7.46. The third kappa shape index (κ3) is 1.95. The minimum absolute atomic E-state index is 0.152. The summed E-state index contributed by atoms with van der Waals surface area (Å²) in [6.45, 7) is 0. The van der Waals surface area contributed by atoms with Crippen molar-refractivity contribution in [3.05, 3.63) is 53.1 Å². The van der Waals surface area contributed by atoms with Crippen LogP contribution in [0.25, 0.3) is 0 Å². The molecule has 5 heteroatoms. The molecular formula is C11H13ClN4. The lowest BCUT2D eigenvalue weighted by atomic mass is 10.0. The molecular weight excluding hydrogens is 224 g/mol. The summed E-state index contributed by atoms with van der Waals surface area (Å²) in [5, 5.41) is 0.687. The number of hydrazine groups is 1. The molecule has 0 bridgehead atoms. The molecule has 0 aliphatic rings. The Kier molecular flexibility index (Phi) is 3.24. The Morgan fingerprint density at radius 2 is 2.19 bits per heavy atom. The fourth-order valence-electron chi connectivity index (χ4n) is 1.69. The van der Waals surface area contributed by atoms with E-state index in [1.807, 2.05) is 35.9 Å². The van der Waals surface area contributed by atoms with E-state index in [1.54, 1.807) is 12.5 Å². The molecule has 0 saturated heterocycles. The van der Waals surface area contributed by atoms with E-state index in [4.69, 9.17) is 17.4 Å². The maximum absolute atomic E-state index is 6.14. The summed E-state index contributed by atoms with van der Waals surface area (Å²) < 4.78 is 1.91. The van der Waals surface area contributed by atoms with Crippen molar-refractivity contribution >= 4 is 11.6 Å². The van der Waals surface area contributed by atoms with Gasteiger partial charge in [-0.25, -0.2) is 10.4 Å². The molecule has 0 radical (unpaired) electrons. The number of nitrogens with two attached hydrogens (primary N) is 1. The highest BCUT2D eigenvalue weighted by Crippen LogP contribution is 2.26. The average Bonchev–Trinajstić information content (AvgIpc) is 2.69. The second-order valence-corrected chi connectivity index (χ2v) is 3.96. The Morgan fingerprint density at radius 1 is 1.44 bits per heavy atom. The Morgan fingerprint density at radius 3 is 2.75 bits per heavy atom. The highest BCUT2D eigenvalue weighted by atomic mass is 35.5. The highest BCUT2D eigenvalue weighted by Gasteiger charge is 2.17. The van der Waals surface area contributed by atoms with Crippen LogP contribution in [0.3, 0.4) is 0 Å². The summed E-state index contributed by atoms with van der Waals surface area (Å²) in [5.74, 6) is 5.58. The molecule has 1 aromatic carbocycles. The molecule has 0 amide bonds. The molecule has 0 saturated carbocycles. The Hall–Kier alpha value is -1.36. The average molecular weight is 237 g/mol. The number of aryl methyl sites for hydroxylation is 1. The number of nitrogens with one attached hydrogen (secondary N) is 1. The smallest absolute Gasteiger partial charge is 0.0946 e. The number of halogens is 1. The maximum atomic E-state index is 6.14. The third-order valence-electron chi connectivity index (χ3n) is 2.53. The standard InChI is InChI=1S/C11H13ClN4/c1-16-7-14-6-10(16)11(15-13)8-4-2-3-5-9(8)12/h2-7,11,15H,13H2,1H3. The van der Waals surface area contributed by atoms with E-state index in [-0.39, 0.29) is 6.04 Å². The van der Waals surface area contributed by atoms with Gasteiger partial charge in [-0.15, -0.1) is 0 Å². The first-order chi connectivity index (χ1) is 7.74. The number of hydrogen-bond donors (Lipinski definition) is 2. The van der Waals surface area contributed by atoms with Crippen molar-refractivity contribution in [2.75, 3.05) is 0 Å². The van der Waals surface area contributed by atoms with E-state index in [2.05, 4.69) is 10.4 Å². The van der Waals surface area contributed by atoms with Crippen molar-refractivity contribution in [1.82, 2.24) is 15.0 Å². The number of benzene rings is 1. The number of hydrogen-bond acceptors (Lipinski definition) is 3. The van der Waals surface area contributed by atoms with Gasteiger partial charge in [-0.2, -0.15) is 0 Å². The van der Waals surface area contributed by atoms with Gasteiger partial charge in [0.05, 0.1) is 24.3 Å². The molecule has 2 rings (SSSR count).